The quantitative estimate of drug-likeness (QED) is 0.735. The van der Waals surface area contributed by atoms with Gasteiger partial charge >= 0.3 is 0 Å². The molecule has 8 heteroatoms. The normalized spacial score (nSPS) is 14.0. The molecule has 1 saturated heterocycles. The summed E-state index contributed by atoms with van der Waals surface area (Å²) in [6.45, 7) is 1.96. The van der Waals surface area contributed by atoms with Crippen LogP contribution in [-0.2, 0) is 0 Å². The Kier molecular flexibility index (Phi) is 5.18. The maximum absolute atomic E-state index is 12.8. The van der Waals surface area contributed by atoms with E-state index in [4.69, 9.17) is 4.74 Å². The summed E-state index contributed by atoms with van der Waals surface area (Å²) < 4.78 is 6.74. The van der Waals surface area contributed by atoms with Crippen LogP contribution < -0.4 is 15.0 Å². The van der Waals surface area contributed by atoms with Crippen LogP contribution in [0, 0.1) is 0 Å². The molecule has 2 aromatic carbocycles. The molecule has 1 N–H and O–H groups in total. The van der Waals surface area contributed by atoms with E-state index in [1.54, 1.807) is 36.1 Å². The minimum absolute atomic E-state index is 0.172. The number of anilines is 2. The largest absolute Gasteiger partial charge is 0.497 e. The molecule has 144 valence electrons. The maximum atomic E-state index is 12.8. The zero-order chi connectivity index (χ0) is 19.3. The minimum atomic E-state index is -0.172. The van der Waals surface area contributed by atoms with Crippen molar-refractivity contribution in [2.24, 2.45) is 0 Å². The highest BCUT2D eigenvalue weighted by atomic mass is 16.5. The number of hydrogen-bond donors (Lipinski definition) is 1. The van der Waals surface area contributed by atoms with Gasteiger partial charge in [0.25, 0.3) is 5.91 Å². The highest BCUT2D eigenvalue weighted by Gasteiger charge is 2.18. The summed E-state index contributed by atoms with van der Waals surface area (Å²) in [5.74, 6) is 0.543. The second-order valence-corrected chi connectivity index (χ2v) is 6.69. The summed E-state index contributed by atoms with van der Waals surface area (Å²) in [4.78, 5) is 15.1. The number of hydrogen-bond acceptors (Lipinski definition) is 6. The fourth-order valence-corrected chi connectivity index (χ4v) is 3.39. The summed E-state index contributed by atoms with van der Waals surface area (Å²) >= 11 is 0. The van der Waals surface area contributed by atoms with Gasteiger partial charge in [0, 0.05) is 18.7 Å². The summed E-state index contributed by atoms with van der Waals surface area (Å²) in [5, 5.41) is 14.4. The molecule has 1 amide bonds. The zero-order valence-corrected chi connectivity index (χ0v) is 15.7. The van der Waals surface area contributed by atoms with Gasteiger partial charge in [0.05, 0.1) is 24.2 Å². The van der Waals surface area contributed by atoms with Crippen molar-refractivity contribution in [3.8, 4) is 11.4 Å². The van der Waals surface area contributed by atoms with Gasteiger partial charge in [-0.1, -0.05) is 0 Å². The van der Waals surface area contributed by atoms with E-state index in [9.17, 15) is 4.79 Å². The van der Waals surface area contributed by atoms with E-state index < -0.39 is 0 Å². The molecule has 1 aliphatic heterocycles. The van der Waals surface area contributed by atoms with Crippen molar-refractivity contribution in [3.05, 3.63) is 54.4 Å². The van der Waals surface area contributed by atoms with Crippen LogP contribution in [0.5, 0.6) is 5.75 Å². The SMILES string of the molecule is COc1ccc(C(=O)Nc2cc(-n3cnnn3)ccc2N2CCCCC2)cc1. The number of carbonyl (C=O) groups is 1. The van der Waals surface area contributed by atoms with Crippen molar-refractivity contribution >= 4 is 17.3 Å². The number of rotatable bonds is 5. The lowest BCUT2D eigenvalue weighted by Gasteiger charge is -2.30. The third kappa shape index (κ3) is 3.80. The van der Waals surface area contributed by atoms with E-state index >= 15 is 0 Å². The topological polar surface area (TPSA) is 85.2 Å². The number of nitrogens with zero attached hydrogens (tertiary/aromatic N) is 5. The van der Waals surface area contributed by atoms with Gasteiger partial charge in [-0.15, -0.1) is 5.10 Å². The molecule has 28 heavy (non-hydrogen) atoms. The third-order valence-electron chi connectivity index (χ3n) is 4.89. The molecule has 3 aromatic rings. The fourth-order valence-electron chi connectivity index (χ4n) is 3.39. The van der Waals surface area contributed by atoms with Crippen molar-refractivity contribution in [2.45, 2.75) is 19.3 Å². The van der Waals surface area contributed by atoms with Gasteiger partial charge in [-0.05, 0) is 72.2 Å². The van der Waals surface area contributed by atoms with Gasteiger partial charge in [0.15, 0.2) is 0 Å². The third-order valence-corrected chi connectivity index (χ3v) is 4.89. The molecule has 2 heterocycles. The van der Waals surface area contributed by atoms with E-state index in [0.717, 1.165) is 43.0 Å². The van der Waals surface area contributed by atoms with E-state index in [0.29, 0.717) is 11.3 Å². The lowest BCUT2D eigenvalue weighted by atomic mass is 10.1. The number of benzene rings is 2. The maximum Gasteiger partial charge on any atom is 0.255 e. The molecule has 0 radical (unpaired) electrons. The van der Waals surface area contributed by atoms with Crippen molar-refractivity contribution in [1.82, 2.24) is 20.2 Å². The molecule has 0 saturated carbocycles. The first kappa shape index (κ1) is 18.0. The Morgan fingerprint density at radius 1 is 1.07 bits per heavy atom. The van der Waals surface area contributed by atoms with Gasteiger partial charge in [0.2, 0.25) is 0 Å². The van der Waals surface area contributed by atoms with E-state index in [2.05, 4.69) is 25.7 Å². The van der Waals surface area contributed by atoms with Crippen LogP contribution in [0.1, 0.15) is 29.6 Å². The number of nitrogens with one attached hydrogen (secondary N) is 1. The Labute approximate surface area is 163 Å². The number of aromatic nitrogens is 4. The molecular formula is C20H22N6O2. The van der Waals surface area contributed by atoms with Crippen LogP contribution >= 0.6 is 0 Å². The monoisotopic (exact) mass is 378 g/mol. The van der Waals surface area contributed by atoms with Gasteiger partial charge in [0.1, 0.15) is 12.1 Å². The summed E-state index contributed by atoms with van der Waals surface area (Å²) in [7, 11) is 1.60. The van der Waals surface area contributed by atoms with Crippen molar-refractivity contribution in [2.75, 3.05) is 30.4 Å². The Balaban J connectivity index is 1.65. The smallest absolute Gasteiger partial charge is 0.255 e. The number of carbonyl (C=O) groups excluding carboxylic acids is 1. The fraction of sp³-hybridized carbons (Fsp3) is 0.300. The Morgan fingerprint density at radius 3 is 2.54 bits per heavy atom. The molecule has 1 fully saturated rings. The van der Waals surface area contributed by atoms with Gasteiger partial charge in [-0.25, -0.2) is 4.68 Å². The molecule has 0 bridgehead atoms. The number of piperidine rings is 1. The number of tetrazole rings is 1. The number of methoxy groups -OCH3 is 1. The van der Waals surface area contributed by atoms with Gasteiger partial charge < -0.3 is 15.0 Å². The molecule has 1 aromatic heterocycles. The minimum Gasteiger partial charge on any atom is -0.497 e. The van der Waals surface area contributed by atoms with Crippen LogP contribution in [0.25, 0.3) is 5.69 Å². The second-order valence-electron chi connectivity index (χ2n) is 6.69. The summed E-state index contributed by atoms with van der Waals surface area (Å²) in [5.41, 5.74) is 3.11. The standard InChI is InChI=1S/C20H22N6O2/c1-28-17-8-5-15(6-9-17)20(27)22-18-13-16(26-14-21-23-24-26)7-10-19(18)25-11-3-2-4-12-25/h5-10,13-14H,2-4,11-12H2,1H3,(H,22,27). The van der Waals surface area contributed by atoms with Gasteiger partial charge in [-0.2, -0.15) is 0 Å². The van der Waals surface area contributed by atoms with E-state index in [1.807, 2.05) is 18.2 Å². The average Bonchev–Trinajstić information content (AvgIpc) is 3.29. The van der Waals surface area contributed by atoms with Crippen LogP contribution in [-0.4, -0.2) is 46.3 Å². The van der Waals surface area contributed by atoms with E-state index in [1.165, 1.54) is 12.7 Å². The lowest BCUT2D eigenvalue weighted by Crippen LogP contribution is -2.30. The number of ether oxygens (including phenoxy) is 1. The molecular weight excluding hydrogens is 356 g/mol. The van der Waals surface area contributed by atoms with Crippen molar-refractivity contribution in [3.63, 3.8) is 0 Å². The Hall–Kier alpha value is -3.42. The first-order valence-corrected chi connectivity index (χ1v) is 9.32. The predicted octanol–water partition coefficient (Wildman–Crippen LogP) is 2.91. The molecule has 8 nitrogen and oxygen atoms in total. The van der Waals surface area contributed by atoms with Crippen molar-refractivity contribution in [1.29, 1.82) is 0 Å². The van der Waals surface area contributed by atoms with Gasteiger partial charge in [-0.3, -0.25) is 4.79 Å². The molecule has 0 unspecified atom stereocenters. The summed E-state index contributed by atoms with van der Waals surface area (Å²) in [6.07, 6.45) is 5.08. The predicted molar refractivity (Wildman–Crippen MR) is 106 cm³/mol. The Bertz CT molecular complexity index is 934. The molecule has 0 spiro atoms. The summed E-state index contributed by atoms with van der Waals surface area (Å²) in [6, 6.07) is 12.9. The molecule has 0 aliphatic carbocycles. The Morgan fingerprint density at radius 2 is 1.86 bits per heavy atom. The van der Waals surface area contributed by atoms with Crippen LogP contribution in [0.3, 0.4) is 0 Å². The zero-order valence-electron chi connectivity index (χ0n) is 15.7. The number of amides is 1. The highest BCUT2D eigenvalue weighted by molar-refractivity contribution is 6.06. The average molecular weight is 378 g/mol. The lowest BCUT2D eigenvalue weighted by molar-refractivity contribution is 0.102. The first-order valence-electron chi connectivity index (χ1n) is 9.32. The molecule has 4 rings (SSSR count). The van der Waals surface area contributed by atoms with Crippen LogP contribution in [0.15, 0.2) is 48.8 Å². The first-order chi connectivity index (χ1) is 13.7. The molecule has 0 atom stereocenters. The van der Waals surface area contributed by atoms with Crippen LogP contribution in [0.2, 0.25) is 0 Å². The highest BCUT2D eigenvalue weighted by Crippen LogP contribution is 2.31. The van der Waals surface area contributed by atoms with Crippen LogP contribution in [0.4, 0.5) is 11.4 Å². The molecule has 1 aliphatic rings. The van der Waals surface area contributed by atoms with Crippen molar-refractivity contribution < 1.29 is 9.53 Å². The second kappa shape index (κ2) is 8.08. The van der Waals surface area contributed by atoms with E-state index in [-0.39, 0.29) is 5.91 Å².